The number of rotatable bonds is 3. The Hall–Kier alpha value is -2.10. The van der Waals surface area contributed by atoms with Crippen LogP contribution >= 0.6 is 0 Å². The fraction of sp³-hybridized carbons (Fsp3) is 0.286. The largest absolute Gasteiger partial charge is 0.476 e. The Bertz CT molecular complexity index is 612. The van der Waals surface area contributed by atoms with Gasteiger partial charge >= 0.3 is 5.97 Å². The van der Waals surface area contributed by atoms with Crippen LogP contribution in [-0.2, 0) is 0 Å². The molecule has 1 heterocycles. The second-order valence-electron chi connectivity index (χ2n) is 4.78. The molecule has 1 N–H and O–H groups in total. The number of hydrogen-bond donors (Lipinski definition) is 1. The highest BCUT2D eigenvalue weighted by Crippen LogP contribution is 2.41. The minimum Gasteiger partial charge on any atom is -0.476 e. The molecule has 3 rings (SSSR count). The zero-order valence-corrected chi connectivity index (χ0v) is 10.1. The Kier molecular flexibility index (Phi) is 2.44. The fourth-order valence-electron chi connectivity index (χ4n) is 2.14. The zero-order valence-electron chi connectivity index (χ0n) is 10.1. The van der Waals surface area contributed by atoms with E-state index in [1.807, 2.05) is 31.2 Å². The number of nitrogens with zero attached hydrogens (tertiary/aromatic N) is 2. The molecule has 2 aromatic rings. The highest BCUT2D eigenvalue weighted by atomic mass is 16.4. The number of benzene rings is 1. The predicted octanol–water partition coefficient (Wildman–Crippen LogP) is 2.76. The summed E-state index contributed by atoms with van der Waals surface area (Å²) in [6.07, 6.45) is 2.24. The first-order valence-corrected chi connectivity index (χ1v) is 6.05. The van der Waals surface area contributed by atoms with Gasteiger partial charge in [-0.3, -0.25) is 0 Å². The number of aromatic carboxylic acids is 1. The van der Waals surface area contributed by atoms with E-state index < -0.39 is 5.97 Å². The average molecular weight is 242 g/mol. The van der Waals surface area contributed by atoms with Crippen LogP contribution in [0.4, 0.5) is 0 Å². The van der Waals surface area contributed by atoms with Crippen LogP contribution in [0, 0.1) is 6.92 Å². The predicted molar refractivity (Wildman–Crippen MR) is 67.2 cm³/mol. The molecule has 1 aromatic heterocycles. The minimum atomic E-state index is -0.969. The van der Waals surface area contributed by atoms with Gasteiger partial charge in [0.05, 0.1) is 5.69 Å². The molecule has 0 atom stereocenters. The van der Waals surface area contributed by atoms with Gasteiger partial charge in [0.25, 0.3) is 0 Å². The first-order valence-electron chi connectivity index (χ1n) is 6.05. The molecule has 0 unspecified atom stereocenters. The van der Waals surface area contributed by atoms with E-state index in [9.17, 15) is 4.79 Å². The molecular weight excluding hydrogens is 228 g/mol. The van der Waals surface area contributed by atoms with E-state index in [1.54, 1.807) is 10.7 Å². The van der Waals surface area contributed by atoms with Crippen LogP contribution in [0.15, 0.2) is 30.3 Å². The quantitative estimate of drug-likeness (QED) is 0.900. The molecule has 0 spiro atoms. The lowest BCUT2D eigenvalue weighted by molar-refractivity contribution is 0.0690. The van der Waals surface area contributed by atoms with Crippen molar-refractivity contribution in [2.45, 2.75) is 25.7 Å². The smallest absolute Gasteiger partial charge is 0.356 e. The van der Waals surface area contributed by atoms with Crippen LogP contribution in [0.25, 0.3) is 5.69 Å². The lowest BCUT2D eigenvalue weighted by Crippen LogP contribution is -2.03. The Balaban J connectivity index is 2.12. The normalized spacial score (nSPS) is 14.7. The van der Waals surface area contributed by atoms with Gasteiger partial charge in [-0.1, -0.05) is 12.1 Å². The zero-order chi connectivity index (χ0) is 12.7. The number of carbonyl (C=O) groups is 1. The van der Waals surface area contributed by atoms with Crippen molar-refractivity contribution in [2.24, 2.45) is 0 Å². The van der Waals surface area contributed by atoms with Crippen LogP contribution < -0.4 is 0 Å². The van der Waals surface area contributed by atoms with Gasteiger partial charge in [-0.2, -0.15) is 5.10 Å². The lowest BCUT2D eigenvalue weighted by atomic mass is 10.2. The summed E-state index contributed by atoms with van der Waals surface area (Å²) in [4.78, 5) is 11.0. The van der Waals surface area contributed by atoms with E-state index in [-0.39, 0.29) is 5.69 Å². The maximum atomic E-state index is 11.0. The third kappa shape index (κ3) is 1.90. The van der Waals surface area contributed by atoms with E-state index in [4.69, 9.17) is 5.11 Å². The first-order chi connectivity index (χ1) is 8.65. The summed E-state index contributed by atoms with van der Waals surface area (Å²) in [5.74, 6) is -0.505. The summed E-state index contributed by atoms with van der Waals surface area (Å²) in [6.45, 7) is 2.02. The molecule has 1 aromatic carbocycles. The van der Waals surface area contributed by atoms with Crippen LogP contribution in [0.1, 0.15) is 40.5 Å². The van der Waals surface area contributed by atoms with Crippen LogP contribution in [0.2, 0.25) is 0 Å². The molecule has 0 bridgehead atoms. The summed E-state index contributed by atoms with van der Waals surface area (Å²) in [5, 5.41) is 13.2. The van der Waals surface area contributed by atoms with E-state index in [2.05, 4.69) is 5.10 Å². The summed E-state index contributed by atoms with van der Waals surface area (Å²) in [6, 6.07) is 9.65. The van der Waals surface area contributed by atoms with Crippen molar-refractivity contribution in [1.29, 1.82) is 0 Å². The van der Waals surface area contributed by atoms with Crippen LogP contribution in [0.5, 0.6) is 0 Å². The number of carboxylic acids is 1. The summed E-state index contributed by atoms with van der Waals surface area (Å²) in [7, 11) is 0. The Morgan fingerprint density at radius 3 is 2.78 bits per heavy atom. The first kappa shape index (κ1) is 11.0. The van der Waals surface area contributed by atoms with Gasteiger partial charge in [-0.25, -0.2) is 9.48 Å². The number of aromatic nitrogens is 2. The van der Waals surface area contributed by atoms with E-state index in [0.29, 0.717) is 5.92 Å². The molecule has 4 nitrogen and oxygen atoms in total. The molecule has 4 heteroatoms. The third-order valence-electron chi connectivity index (χ3n) is 3.20. The highest BCUT2D eigenvalue weighted by molar-refractivity contribution is 5.85. The molecule has 18 heavy (non-hydrogen) atoms. The maximum Gasteiger partial charge on any atom is 0.356 e. The standard InChI is InChI=1S/C14H14N2O2/c1-9-3-2-4-11(7-9)16-13(10-5-6-10)8-12(15-16)14(17)18/h2-4,7-8,10H,5-6H2,1H3,(H,17,18). The monoisotopic (exact) mass is 242 g/mol. The maximum absolute atomic E-state index is 11.0. The van der Waals surface area contributed by atoms with E-state index >= 15 is 0 Å². The Morgan fingerprint density at radius 2 is 2.17 bits per heavy atom. The van der Waals surface area contributed by atoms with Gasteiger partial charge in [0.15, 0.2) is 5.69 Å². The Morgan fingerprint density at radius 1 is 1.39 bits per heavy atom. The minimum absolute atomic E-state index is 0.124. The van der Waals surface area contributed by atoms with Crippen molar-refractivity contribution < 1.29 is 9.90 Å². The SMILES string of the molecule is Cc1cccc(-n2nc(C(=O)O)cc2C2CC2)c1. The third-order valence-corrected chi connectivity index (χ3v) is 3.20. The number of carboxylic acid groups (broad SMARTS) is 1. The number of aryl methyl sites for hydroxylation is 1. The molecule has 0 radical (unpaired) electrons. The highest BCUT2D eigenvalue weighted by Gasteiger charge is 2.29. The van der Waals surface area contributed by atoms with Crippen molar-refractivity contribution in [3.05, 3.63) is 47.3 Å². The summed E-state index contributed by atoms with van der Waals surface area (Å²) >= 11 is 0. The molecule has 1 aliphatic carbocycles. The molecule has 92 valence electrons. The van der Waals surface area contributed by atoms with Crippen LogP contribution in [-0.4, -0.2) is 20.9 Å². The summed E-state index contributed by atoms with van der Waals surface area (Å²) < 4.78 is 1.77. The van der Waals surface area contributed by atoms with Gasteiger partial charge in [0, 0.05) is 11.6 Å². The van der Waals surface area contributed by atoms with Gasteiger partial charge < -0.3 is 5.11 Å². The molecule has 1 aliphatic rings. The molecule has 1 saturated carbocycles. The fourth-order valence-corrected chi connectivity index (χ4v) is 2.14. The van der Waals surface area contributed by atoms with Gasteiger partial charge in [0.1, 0.15) is 0 Å². The van der Waals surface area contributed by atoms with Crippen molar-refractivity contribution in [3.8, 4) is 5.69 Å². The van der Waals surface area contributed by atoms with Crippen molar-refractivity contribution >= 4 is 5.97 Å². The van der Waals surface area contributed by atoms with E-state index in [1.165, 1.54) is 0 Å². The van der Waals surface area contributed by atoms with Crippen molar-refractivity contribution in [3.63, 3.8) is 0 Å². The van der Waals surface area contributed by atoms with Gasteiger partial charge in [-0.15, -0.1) is 0 Å². The molecule has 0 aliphatic heterocycles. The number of hydrogen-bond acceptors (Lipinski definition) is 2. The molecule has 0 amide bonds. The van der Waals surface area contributed by atoms with Gasteiger partial charge in [0.2, 0.25) is 0 Å². The van der Waals surface area contributed by atoms with Crippen molar-refractivity contribution in [2.75, 3.05) is 0 Å². The van der Waals surface area contributed by atoms with E-state index in [0.717, 1.165) is 29.8 Å². The molecule has 0 saturated heterocycles. The van der Waals surface area contributed by atoms with Gasteiger partial charge in [-0.05, 0) is 43.5 Å². The summed E-state index contributed by atoms with van der Waals surface area (Å²) in [5.41, 5.74) is 3.21. The average Bonchev–Trinajstić information content (AvgIpc) is 3.07. The topological polar surface area (TPSA) is 55.1 Å². The van der Waals surface area contributed by atoms with Crippen molar-refractivity contribution in [1.82, 2.24) is 9.78 Å². The second-order valence-corrected chi connectivity index (χ2v) is 4.78. The molecular formula is C14H14N2O2. The van der Waals surface area contributed by atoms with Crippen LogP contribution in [0.3, 0.4) is 0 Å². The lowest BCUT2D eigenvalue weighted by Gasteiger charge is -2.06. The second kappa shape index (κ2) is 3.98. The Labute approximate surface area is 105 Å². The molecule has 1 fully saturated rings.